The van der Waals surface area contributed by atoms with Crippen molar-refractivity contribution in [1.29, 1.82) is 0 Å². The summed E-state index contributed by atoms with van der Waals surface area (Å²) in [5.41, 5.74) is 1.33. The number of carbonyl (C=O) groups is 1. The lowest BCUT2D eigenvalue weighted by Crippen LogP contribution is -2.29. The predicted molar refractivity (Wildman–Crippen MR) is 73.4 cm³/mol. The molecule has 0 aliphatic carbocycles. The van der Waals surface area contributed by atoms with Crippen LogP contribution in [0, 0.1) is 5.92 Å². The normalized spacial score (nSPS) is 11.0. The number of fused-ring (bicyclic) bond motifs is 1. The molecular formula is C14H17NOS. The number of nitrogens with one attached hydrogen (secondary N) is 1. The highest BCUT2D eigenvalue weighted by Gasteiger charge is 2.07. The predicted octanol–water partition coefficient (Wildman–Crippen LogP) is 3.22. The van der Waals surface area contributed by atoms with Crippen LogP contribution in [0.2, 0.25) is 0 Å². The number of rotatable bonds is 4. The molecule has 0 aliphatic heterocycles. The second-order valence-electron chi connectivity index (χ2n) is 4.45. The molecule has 0 saturated carbocycles. The Balaban J connectivity index is 1.98. The third-order valence-electron chi connectivity index (χ3n) is 2.78. The fraction of sp³-hybridized carbons (Fsp3) is 0.357. The molecule has 1 aromatic heterocycles. The van der Waals surface area contributed by atoms with Crippen LogP contribution in [0.5, 0.6) is 0 Å². The molecule has 1 aromatic carbocycles. The molecule has 1 amide bonds. The quantitative estimate of drug-likeness (QED) is 0.883. The summed E-state index contributed by atoms with van der Waals surface area (Å²) in [6.45, 7) is 4.54. The van der Waals surface area contributed by atoms with Crippen LogP contribution in [-0.2, 0) is 11.2 Å². The molecular weight excluding hydrogens is 230 g/mol. The van der Waals surface area contributed by atoms with Crippen LogP contribution in [0.1, 0.15) is 19.4 Å². The maximum absolute atomic E-state index is 11.4. The molecule has 0 bridgehead atoms. The molecule has 0 unspecified atom stereocenters. The Kier molecular flexibility index (Phi) is 3.79. The van der Waals surface area contributed by atoms with Crippen LogP contribution in [0.4, 0.5) is 0 Å². The van der Waals surface area contributed by atoms with E-state index in [1.807, 2.05) is 13.8 Å². The van der Waals surface area contributed by atoms with Gasteiger partial charge in [0.2, 0.25) is 5.91 Å². The summed E-state index contributed by atoms with van der Waals surface area (Å²) in [4.78, 5) is 11.4. The first-order chi connectivity index (χ1) is 8.18. The Bertz CT molecular complexity index is 516. The van der Waals surface area contributed by atoms with Gasteiger partial charge in [-0.25, -0.2) is 0 Å². The van der Waals surface area contributed by atoms with E-state index >= 15 is 0 Å². The van der Waals surface area contributed by atoms with Gasteiger partial charge < -0.3 is 5.32 Å². The van der Waals surface area contributed by atoms with Gasteiger partial charge in [0.05, 0.1) is 0 Å². The van der Waals surface area contributed by atoms with Crippen molar-refractivity contribution >= 4 is 27.3 Å². The minimum absolute atomic E-state index is 0.0641. The zero-order valence-electron chi connectivity index (χ0n) is 10.2. The Morgan fingerprint density at radius 1 is 1.35 bits per heavy atom. The summed E-state index contributed by atoms with van der Waals surface area (Å²) in [5.74, 6) is 0.193. The van der Waals surface area contributed by atoms with Crippen molar-refractivity contribution in [2.75, 3.05) is 6.54 Å². The smallest absolute Gasteiger partial charge is 0.222 e. The fourth-order valence-electron chi connectivity index (χ4n) is 1.75. The van der Waals surface area contributed by atoms with Crippen LogP contribution in [0.15, 0.2) is 29.6 Å². The van der Waals surface area contributed by atoms with Crippen molar-refractivity contribution in [2.45, 2.75) is 20.3 Å². The number of benzene rings is 1. The van der Waals surface area contributed by atoms with Gasteiger partial charge in [-0.1, -0.05) is 32.0 Å². The monoisotopic (exact) mass is 247 g/mol. The summed E-state index contributed by atoms with van der Waals surface area (Å²) in [7, 11) is 0. The second kappa shape index (κ2) is 5.32. The van der Waals surface area contributed by atoms with E-state index in [-0.39, 0.29) is 11.8 Å². The van der Waals surface area contributed by atoms with E-state index in [2.05, 4.69) is 35.0 Å². The highest BCUT2D eigenvalue weighted by atomic mass is 32.1. The number of hydrogen-bond donors (Lipinski definition) is 1. The molecule has 0 saturated heterocycles. The highest BCUT2D eigenvalue weighted by Crippen LogP contribution is 2.25. The lowest BCUT2D eigenvalue weighted by atomic mass is 10.1. The molecule has 90 valence electrons. The van der Waals surface area contributed by atoms with E-state index in [4.69, 9.17) is 0 Å². The van der Waals surface area contributed by atoms with Gasteiger partial charge in [0.15, 0.2) is 0 Å². The van der Waals surface area contributed by atoms with Crippen LogP contribution in [-0.4, -0.2) is 12.5 Å². The Morgan fingerprint density at radius 2 is 2.12 bits per heavy atom. The van der Waals surface area contributed by atoms with Crippen molar-refractivity contribution in [3.63, 3.8) is 0 Å². The van der Waals surface area contributed by atoms with Crippen molar-refractivity contribution in [1.82, 2.24) is 5.32 Å². The lowest BCUT2D eigenvalue weighted by molar-refractivity contribution is -0.123. The van der Waals surface area contributed by atoms with Gasteiger partial charge in [-0.05, 0) is 28.8 Å². The summed E-state index contributed by atoms with van der Waals surface area (Å²) >= 11 is 1.77. The first kappa shape index (κ1) is 12.1. The Labute approximate surface area is 106 Å². The van der Waals surface area contributed by atoms with Crippen molar-refractivity contribution in [3.8, 4) is 0 Å². The first-order valence-corrected chi connectivity index (χ1v) is 6.79. The van der Waals surface area contributed by atoms with Gasteiger partial charge in [0.25, 0.3) is 0 Å². The highest BCUT2D eigenvalue weighted by molar-refractivity contribution is 7.17. The van der Waals surface area contributed by atoms with Gasteiger partial charge in [-0.15, -0.1) is 11.3 Å². The summed E-state index contributed by atoms with van der Waals surface area (Å²) in [6.07, 6.45) is 0.905. The summed E-state index contributed by atoms with van der Waals surface area (Å²) in [6, 6.07) is 8.40. The third kappa shape index (κ3) is 2.86. The SMILES string of the molecule is CC(C)C(=O)NCCc1csc2ccccc12. The number of hydrogen-bond acceptors (Lipinski definition) is 2. The van der Waals surface area contributed by atoms with E-state index in [1.165, 1.54) is 15.6 Å². The third-order valence-corrected chi connectivity index (χ3v) is 3.79. The fourth-order valence-corrected chi connectivity index (χ4v) is 2.75. The topological polar surface area (TPSA) is 29.1 Å². The molecule has 2 nitrogen and oxygen atoms in total. The number of thiophene rings is 1. The summed E-state index contributed by atoms with van der Waals surface area (Å²) < 4.78 is 1.32. The molecule has 17 heavy (non-hydrogen) atoms. The minimum Gasteiger partial charge on any atom is -0.356 e. The largest absolute Gasteiger partial charge is 0.356 e. The zero-order valence-corrected chi connectivity index (χ0v) is 11.0. The number of amides is 1. The maximum Gasteiger partial charge on any atom is 0.222 e. The van der Waals surface area contributed by atoms with E-state index in [0.29, 0.717) is 0 Å². The molecule has 0 fully saturated rings. The molecule has 0 spiro atoms. The molecule has 0 aliphatic rings. The van der Waals surface area contributed by atoms with E-state index in [0.717, 1.165) is 13.0 Å². The summed E-state index contributed by atoms with van der Waals surface area (Å²) in [5, 5.41) is 6.45. The zero-order chi connectivity index (χ0) is 12.3. The van der Waals surface area contributed by atoms with Crippen molar-refractivity contribution in [2.24, 2.45) is 5.92 Å². The average Bonchev–Trinajstić information content (AvgIpc) is 2.72. The molecule has 2 aromatic rings. The van der Waals surface area contributed by atoms with Crippen LogP contribution >= 0.6 is 11.3 Å². The molecule has 1 N–H and O–H groups in total. The van der Waals surface area contributed by atoms with Gasteiger partial charge in [-0.2, -0.15) is 0 Å². The van der Waals surface area contributed by atoms with E-state index < -0.39 is 0 Å². The Morgan fingerprint density at radius 3 is 2.88 bits per heavy atom. The van der Waals surface area contributed by atoms with Crippen molar-refractivity contribution in [3.05, 3.63) is 35.2 Å². The standard InChI is InChI=1S/C14H17NOS/c1-10(2)14(16)15-8-7-11-9-17-13-6-4-3-5-12(11)13/h3-6,9-10H,7-8H2,1-2H3,(H,15,16). The number of carbonyl (C=O) groups excluding carboxylic acids is 1. The second-order valence-corrected chi connectivity index (χ2v) is 5.36. The van der Waals surface area contributed by atoms with Gasteiger partial charge in [0.1, 0.15) is 0 Å². The molecule has 0 atom stereocenters. The van der Waals surface area contributed by atoms with Crippen LogP contribution in [0.3, 0.4) is 0 Å². The van der Waals surface area contributed by atoms with E-state index in [1.54, 1.807) is 11.3 Å². The molecule has 2 rings (SSSR count). The van der Waals surface area contributed by atoms with Gasteiger partial charge in [-0.3, -0.25) is 4.79 Å². The van der Waals surface area contributed by atoms with Crippen LogP contribution in [0.25, 0.3) is 10.1 Å². The minimum atomic E-state index is 0.0641. The molecule has 3 heteroatoms. The van der Waals surface area contributed by atoms with Crippen LogP contribution < -0.4 is 5.32 Å². The average molecular weight is 247 g/mol. The Hall–Kier alpha value is -1.35. The first-order valence-electron chi connectivity index (χ1n) is 5.91. The lowest BCUT2D eigenvalue weighted by Gasteiger charge is -2.06. The maximum atomic E-state index is 11.4. The molecule has 0 radical (unpaired) electrons. The van der Waals surface area contributed by atoms with E-state index in [9.17, 15) is 4.79 Å². The van der Waals surface area contributed by atoms with Crippen molar-refractivity contribution < 1.29 is 4.79 Å². The molecule has 1 heterocycles. The van der Waals surface area contributed by atoms with Gasteiger partial charge >= 0.3 is 0 Å². The van der Waals surface area contributed by atoms with Gasteiger partial charge in [0, 0.05) is 17.2 Å².